The Bertz CT molecular complexity index is 1890. The van der Waals surface area contributed by atoms with Gasteiger partial charge in [-0.2, -0.15) is 13.2 Å². The van der Waals surface area contributed by atoms with Crippen LogP contribution in [0.2, 0.25) is 0 Å². The number of amides is 2. The molecule has 10 nitrogen and oxygen atoms in total. The van der Waals surface area contributed by atoms with Crippen molar-refractivity contribution >= 4 is 43.9 Å². The van der Waals surface area contributed by atoms with Gasteiger partial charge in [-0.25, -0.2) is 13.2 Å². The largest absolute Gasteiger partial charge is 0.492 e. The second-order valence-electron chi connectivity index (χ2n) is 12.5. The molecule has 256 valence electrons. The van der Waals surface area contributed by atoms with E-state index in [4.69, 9.17) is 9.47 Å². The molecule has 2 heterocycles. The van der Waals surface area contributed by atoms with Gasteiger partial charge in [0.05, 0.1) is 43.1 Å². The lowest BCUT2D eigenvalue weighted by molar-refractivity contribution is -0.106. The minimum atomic E-state index is -4.96. The van der Waals surface area contributed by atoms with E-state index in [2.05, 4.69) is 20.5 Å². The average Bonchev–Trinajstić information content (AvgIpc) is 3.00. The molecule has 2 amide bonds. The molecule has 3 N–H and O–H groups in total. The highest BCUT2D eigenvalue weighted by Gasteiger charge is 2.36. The first-order valence-electron chi connectivity index (χ1n) is 15.3. The fraction of sp³-hybridized carbons (Fsp3) is 0.353. The van der Waals surface area contributed by atoms with Gasteiger partial charge in [0.1, 0.15) is 0 Å². The van der Waals surface area contributed by atoms with E-state index in [0.29, 0.717) is 24.5 Å². The van der Waals surface area contributed by atoms with Gasteiger partial charge in [0, 0.05) is 36.8 Å². The third-order valence-electron chi connectivity index (χ3n) is 7.82. The predicted molar refractivity (Wildman–Crippen MR) is 181 cm³/mol. The van der Waals surface area contributed by atoms with Crippen LogP contribution < -0.4 is 20.1 Å². The Morgan fingerprint density at radius 1 is 0.938 bits per heavy atom. The van der Waals surface area contributed by atoms with Crippen LogP contribution in [0.1, 0.15) is 32.0 Å². The predicted octanol–water partition coefficient (Wildman–Crippen LogP) is 6.99. The molecule has 0 saturated carbocycles. The molecule has 1 saturated heterocycles. The number of rotatable bonds is 9. The van der Waals surface area contributed by atoms with Gasteiger partial charge in [0.2, 0.25) is 10.0 Å². The minimum Gasteiger partial charge on any atom is -0.492 e. The number of hydrogen-bond donors (Lipinski definition) is 3. The normalized spacial score (nSPS) is 14.5. The lowest BCUT2D eigenvalue weighted by Gasteiger charge is -2.26. The number of carbonyl (C=O) groups is 1. The number of alkyl halides is 3. The van der Waals surface area contributed by atoms with E-state index in [9.17, 15) is 26.4 Å². The lowest BCUT2D eigenvalue weighted by atomic mass is 9.86. The van der Waals surface area contributed by atoms with Gasteiger partial charge in [-0.05, 0) is 46.2 Å². The summed E-state index contributed by atoms with van der Waals surface area (Å²) in [6, 6.07) is 17.6. The molecule has 0 atom stereocenters. The molecular formula is C34H38F3N5O5S. The smallest absolute Gasteiger partial charge is 0.404 e. The first-order valence-corrected chi connectivity index (χ1v) is 16.9. The van der Waals surface area contributed by atoms with Crippen LogP contribution in [0.5, 0.6) is 5.75 Å². The zero-order valence-electron chi connectivity index (χ0n) is 27.1. The molecule has 14 heteroatoms. The molecule has 0 unspecified atom stereocenters. The van der Waals surface area contributed by atoms with Crippen molar-refractivity contribution in [1.29, 1.82) is 0 Å². The number of benzene rings is 3. The van der Waals surface area contributed by atoms with Crippen molar-refractivity contribution in [3.63, 3.8) is 0 Å². The zero-order chi connectivity index (χ0) is 34.7. The highest BCUT2D eigenvalue weighted by atomic mass is 32.2. The summed E-state index contributed by atoms with van der Waals surface area (Å²) in [6.45, 7) is 9.43. The Balaban J connectivity index is 1.40. The van der Waals surface area contributed by atoms with Crippen LogP contribution in [-0.2, 0) is 26.7 Å². The number of morpholine rings is 1. The van der Waals surface area contributed by atoms with Crippen molar-refractivity contribution in [3.05, 3.63) is 78.1 Å². The molecular weight excluding hydrogens is 647 g/mol. The number of anilines is 3. The molecule has 3 aromatic carbocycles. The third kappa shape index (κ3) is 8.74. The van der Waals surface area contributed by atoms with Gasteiger partial charge in [-0.15, -0.1) is 0 Å². The first kappa shape index (κ1) is 34.9. The molecule has 0 radical (unpaired) electrons. The quantitative estimate of drug-likeness (QED) is 0.174. The first-order chi connectivity index (χ1) is 22.6. The Morgan fingerprint density at radius 2 is 1.60 bits per heavy atom. The van der Waals surface area contributed by atoms with Gasteiger partial charge < -0.3 is 20.1 Å². The highest BCUT2D eigenvalue weighted by Crippen LogP contribution is 2.40. The van der Waals surface area contributed by atoms with E-state index in [1.165, 1.54) is 13.2 Å². The number of halogens is 3. The number of hydrogen-bond acceptors (Lipinski definition) is 7. The summed E-state index contributed by atoms with van der Waals surface area (Å²) in [7, 11) is -3.61. The van der Waals surface area contributed by atoms with Crippen LogP contribution in [-0.4, -0.2) is 69.7 Å². The molecule has 5 rings (SSSR count). The molecule has 1 aromatic heterocycles. The number of fused-ring (bicyclic) bond motifs is 1. The maximum atomic E-state index is 13.4. The van der Waals surface area contributed by atoms with Crippen molar-refractivity contribution in [2.45, 2.75) is 38.9 Å². The summed E-state index contributed by atoms with van der Waals surface area (Å²) in [5.74, 6) is -2.22. The lowest BCUT2D eigenvalue weighted by Crippen LogP contribution is -2.35. The van der Waals surface area contributed by atoms with Crippen LogP contribution in [0, 0.1) is 0 Å². The van der Waals surface area contributed by atoms with Crippen LogP contribution in [0.4, 0.5) is 35.0 Å². The molecule has 48 heavy (non-hydrogen) atoms. The fourth-order valence-corrected chi connectivity index (χ4v) is 6.46. The van der Waals surface area contributed by atoms with Crippen molar-refractivity contribution in [1.82, 2.24) is 9.88 Å². The molecule has 0 bridgehead atoms. The van der Waals surface area contributed by atoms with Gasteiger partial charge in [-0.1, -0.05) is 57.2 Å². The summed E-state index contributed by atoms with van der Waals surface area (Å²) in [4.78, 5) is 20.4. The second-order valence-corrected chi connectivity index (χ2v) is 14.3. The highest BCUT2D eigenvalue weighted by molar-refractivity contribution is 7.92. The summed E-state index contributed by atoms with van der Waals surface area (Å²) in [5.41, 5.74) is 3.12. The van der Waals surface area contributed by atoms with Crippen molar-refractivity contribution in [2.24, 2.45) is 0 Å². The van der Waals surface area contributed by atoms with Crippen LogP contribution in [0.25, 0.3) is 21.9 Å². The van der Waals surface area contributed by atoms with E-state index in [-0.39, 0.29) is 17.1 Å². The SMILES string of the molecule is COc1c(NC(=O)Nc2ccc(-c3ccc(CN4CCOCC4)nc3)c3ccccc23)cc(C(C)(C)C)cc1NS(=O)(=O)CC(F)(F)F. The van der Waals surface area contributed by atoms with E-state index < -0.39 is 33.4 Å². The summed E-state index contributed by atoms with van der Waals surface area (Å²) in [6.07, 6.45) is -3.12. The summed E-state index contributed by atoms with van der Waals surface area (Å²) in [5, 5.41) is 7.19. The fourth-order valence-electron chi connectivity index (χ4n) is 5.47. The molecule has 0 aliphatic carbocycles. The number of ether oxygens (including phenoxy) is 2. The molecule has 1 aliphatic heterocycles. The Morgan fingerprint density at radius 3 is 2.23 bits per heavy atom. The van der Waals surface area contributed by atoms with E-state index in [1.54, 1.807) is 12.1 Å². The van der Waals surface area contributed by atoms with Gasteiger partial charge in [0.15, 0.2) is 11.5 Å². The molecule has 0 spiro atoms. The summed E-state index contributed by atoms with van der Waals surface area (Å²) >= 11 is 0. The molecule has 1 fully saturated rings. The number of nitrogens with zero attached hydrogens (tertiary/aromatic N) is 2. The van der Waals surface area contributed by atoms with Crippen LogP contribution in [0.3, 0.4) is 0 Å². The summed E-state index contributed by atoms with van der Waals surface area (Å²) < 4.78 is 76.5. The number of sulfonamides is 1. The van der Waals surface area contributed by atoms with Gasteiger partial charge in [0.25, 0.3) is 0 Å². The number of urea groups is 1. The van der Waals surface area contributed by atoms with Gasteiger partial charge in [-0.3, -0.25) is 14.6 Å². The molecule has 4 aromatic rings. The van der Waals surface area contributed by atoms with E-state index in [1.807, 2.05) is 74.2 Å². The van der Waals surface area contributed by atoms with Crippen molar-refractivity contribution in [2.75, 3.05) is 54.5 Å². The van der Waals surface area contributed by atoms with Crippen molar-refractivity contribution < 1.29 is 35.9 Å². The van der Waals surface area contributed by atoms with E-state index in [0.717, 1.165) is 47.2 Å². The Hall–Kier alpha value is -4.40. The number of methoxy groups -OCH3 is 1. The minimum absolute atomic E-state index is 0.0660. The topological polar surface area (TPSA) is 122 Å². The van der Waals surface area contributed by atoms with E-state index >= 15 is 0 Å². The maximum absolute atomic E-state index is 13.4. The third-order valence-corrected chi connectivity index (χ3v) is 9.06. The van der Waals surface area contributed by atoms with Crippen LogP contribution in [0.15, 0.2) is 66.9 Å². The standard InChI is InChI=1S/C34H38F3N5O5S/c1-33(2,3)23-17-29(31(46-4)30(18-23)41-48(44,45)21-34(35,36)37)40-32(43)39-28-12-11-25(26-7-5-6-8-27(26)28)22-9-10-24(38-19-22)20-42-13-15-47-16-14-42/h5-12,17-19,41H,13-16,20-21H2,1-4H3,(H2,39,40,43). The number of aromatic nitrogens is 1. The number of carbonyl (C=O) groups excluding carboxylic acids is 1. The Labute approximate surface area is 277 Å². The Kier molecular flexibility index (Phi) is 10.2. The molecule has 1 aliphatic rings. The second kappa shape index (κ2) is 14.0. The average molecular weight is 686 g/mol. The van der Waals surface area contributed by atoms with Gasteiger partial charge >= 0.3 is 12.2 Å². The van der Waals surface area contributed by atoms with Crippen LogP contribution >= 0.6 is 0 Å². The zero-order valence-corrected chi connectivity index (χ0v) is 27.9. The monoisotopic (exact) mass is 685 g/mol. The maximum Gasteiger partial charge on any atom is 0.404 e. The van der Waals surface area contributed by atoms with Crippen molar-refractivity contribution in [3.8, 4) is 16.9 Å². The number of pyridine rings is 1. The number of nitrogens with one attached hydrogen (secondary N) is 3.